The Morgan fingerprint density at radius 3 is 2.81 bits per heavy atom. The Hall–Kier alpha value is -2.34. The number of oxime groups is 1. The molecule has 32 heavy (non-hydrogen) atoms. The van der Waals surface area contributed by atoms with Crippen LogP contribution in [0.4, 0.5) is 5.13 Å². The minimum absolute atomic E-state index is 0.0742. The summed E-state index contributed by atoms with van der Waals surface area (Å²) in [7, 11) is 0. The molecule has 0 radical (unpaired) electrons. The van der Waals surface area contributed by atoms with Gasteiger partial charge in [0.1, 0.15) is 28.3 Å². The zero-order chi connectivity index (χ0) is 22.8. The van der Waals surface area contributed by atoms with Crippen molar-refractivity contribution in [2.75, 3.05) is 16.6 Å². The van der Waals surface area contributed by atoms with Gasteiger partial charge in [0.15, 0.2) is 15.2 Å². The lowest BCUT2D eigenvalue weighted by atomic mass is 10.0. The van der Waals surface area contributed by atoms with Gasteiger partial charge in [0.05, 0.1) is 5.08 Å². The first kappa shape index (κ1) is 22.8. The molecule has 4 rings (SSSR count). The molecule has 2 atom stereocenters. The molecule has 17 heteroatoms. The maximum Gasteiger partial charge on any atom is 0.353 e. The van der Waals surface area contributed by atoms with Crippen LogP contribution in [0.3, 0.4) is 0 Å². The van der Waals surface area contributed by atoms with Crippen LogP contribution < -0.4 is 11.1 Å². The van der Waals surface area contributed by atoms with Gasteiger partial charge in [-0.2, -0.15) is 0 Å². The number of aliphatic carboxylic acids is 1. The molecule has 4 heterocycles. The van der Waals surface area contributed by atoms with Gasteiger partial charge in [-0.1, -0.05) is 28.3 Å². The number of carbonyl (C=O) groups is 3. The monoisotopic (exact) mass is 531 g/mol. The Kier molecular flexibility index (Phi) is 6.89. The molecule has 2 amide bonds. The maximum absolute atomic E-state index is 12.7. The minimum atomic E-state index is -1.22. The zero-order valence-electron chi connectivity index (χ0n) is 15.7. The summed E-state index contributed by atoms with van der Waals surface area (Å²) >= 11 is 6.55. The molecule has 0 spiro atoms. The third-order valence-corrected chi connectivity index (χ3v) is 9.48. The number of hydrogen-bond acceptors (Lipinski definition) is 14. The van der Waals surface area contributed by atoms with Crippen LogP contribution in [-0.2, 0) is 14.4 Å². The molecule has 0 aromatic carbocycles. The second-order valence-electron chi connectivity index (χ2n) is 6.07. The average molecular weight is 532 g/mol. The molecule has 1 saturated heterocycles. The molecule has 0 aliphatic carbocycles. The number of carbonyl (C=O) groups excluding carboxylic acids is 2. The number of nitrogens with zero attached hydrogens (tertiary/aromatic N) is 5. The SMILES string of the molecule is Nc1nc(/C(=N\O)C(=O)N[C@@H]2C(=O)N3C(C(=O)O)=C(SCSc4nncs4)CS[C@H]23)cs1. The highest BCUT2D eigenvalue weighted by atomic mass is 32.2. The number of β-lactam (4-membered cyclic amide) rings is 1. The van der Waals surface area contributed by atoms with Gasteiger partial charge in [-0.25, -0.2) is 9.78 Å². The van der Waals surface area contributed by atoms with Crippen LogP contribution in [0, 0.1) is 0 Å². The number of anilines is 1. The maximum atomic E-state index is 12.7. The van der Waals surface area contributed by atoms with Crippen molar-refractivity contribution in [3.05, 3.63) is 27.2 Å². The summed E-state index contributed by atoms with van der Waals surface area (Å²) in [6.45, 7) is 0. The van der Waals surface area contributed by atoms with Gasteiger partial charge < -0.3 is 21.4 Å². The molecule has 168 valence electrons. The van der Waals surface area contributed by atoms with Crippen molar-refractivity contribution >= 4 is 86.6 Å². The molecule has 5 N–H and O–H groups in total. The number of carboxylic acids is 1. The van der Waals surface area contributed by atoms with Gasteiger partial charge in [-0.3, -0.25) is 14.5 Å². The molecule has 2 aliphatic rings. The summed E-state index contributed by atoms with van der Waals surface area (Å²) in [5.41, 5.74) is 6.75. The Labute approximate surface area is 200 Å². The standard InChI is InChI=1S/C15H13N7O5S5/c16-14-18-5(1-29-14)7(21-27)10(23)19-8-11(24)22-9(13(25)26)6(2-28-12(8)22)31-4-32-15-20-17-3-30-15/h1,3,8,12,27H,2,4H2,(H2,16,18)(H,19,23)(H,25,26)/b21-7+/t8-,12-/m1/s1. The van der Waals surface area contributed by atoms with Crippen LogP contribution in [-0.4, -0.2) is 76.1 Å². The van der Waals surface area contributed by atoms with Gasteiger partial charge >= 0.3 is 5.97 Å². The first-order valence-electron chi connectivity index (χ1n) is 8.58. The van der Waals surface area contributed by atoms with Crippen molar-refractivity contribution in [1.29, 1.82) is 0 Å². The van der Waals surface area contributed by atoms with Crippen LogP contribution in [0.15, 0.2) is 31.0 Å². The second kappa shape index (κ2) is 9.65. The number of aromatic nitrogens is 3. The summed E-state index contributed by atoms with van der Waals surface area (Å²) in [5, 5.41) is 33.6. The van der Waals surface area contributed by atoms with Crippen LogP contribution in [0.1, 0.15) is 5.69 Å². The Balaban J connectivity index is 1.44. The highest BCUT2D eigenvalue weighted by Gasteiger charge is 2.54. The lowest BCUT2D eigenvalue weighted by Crippen LogP contribution is -2.71. The molecule has 2 aliphatic heterocycles. The number of carboxylic acid groups (broad SMARTS) is 1. The fourth-order valence-corrected chi connectivity index (χ4v) is 7.92. The third-order valence-electron chi connectivity index (χ3n) is 4.26. The van der Waals surface area contributed by atoms with Crippen LogP contribution in [0.2, 0.25) is 0 Å². The third kappa shape index (κ3) is 4.42. The predicted molar refractivity (Wildman–Crippen MR) is 123 cm³/mol. The molecule has 0 unspecified atom stereocenters. The Bertz CT molecular complexity index is 1120. The number of thiazole rings is 1. The lowest BCUT2D eigenvalue weighted by molar-refractivity contribution is -0.150. The molecule has 0 bridgehead atoms. The quantitative estimate of drug-likeness (QED) is 0.0945. The van der Waals surface area contributed by atoms with E-state index in [4.69, 9.17) is 5.73 Å². The molecule has 12 nitrogen and oxygen atoms in total. The largest absolute Gasteiger partial charge is 0.477 e. The summed E-state index contributed by atoms with van der Waals surface area (Å²) in [6.07, 6.45) is 0. The van der Waals surface area contributed by atoms with E-state index in [9.17, 15) is 24.7 Å². The van der Waals surface area contributed by atoms with E-state index in [0.717, 1.165) is 15.7 Å². The molecule has 2 aromatic heterocycles. The zero-order valence-corrected chi connectivity index (χ0v) is 19.8. The number of amides is 2. The fourth-order valence-electron chi connectivity index (χ4n) is 2.90. The highest BCUT2D eigenvalue weighted by Crippen LogP contribution is 2.44. The summed E-state index contributed by atoms with van der Waals surface area (Å²) in [4.78, 5) is 42.8. The van der Waals surface area contributed by atoms with Gasteiger partial charge in [-0.15, -0.1) is 45.1 Å². The molecular formula is C15H13N7O5S5. The van der Waals surface area contributed by atoms with E-state index in [2.05, 4.69) is 25.7 Å². The van der Waals surface area contributed by atoms with E-state index in [1.54, 1.807) is 5.51 Å². The number of thioether (sulfide) groups is 3. The van der Waals surface area contributed by atoms with Gasteiger partial charge in [0.2, 0.25) is 0 Å². The summed E-state index contributed by atoms with van der Waals surface area (Å²) in [6, 6.07) is -0.961. The first-order chi connectivity index (χ1) is 15.4. The topological polar surface area (TPSA) is 184 Å². The number of rotatable bonds is 8. The normalized spacial score (nSPS) is 20.7. The predicted octanol–water partition coefficient (Wildman–Crippen LogP) is 0.934. The highest BCUT2D eigenvalue weighted by molar-refractivity contribution is 8.18. The molecule has 0 saturated carbocycles. The number of nitrogens with one attached hydrogen (secondary N) is 1. The number of hydrogen-bond donors (Lipinski definition) is 4. The lowest BCUT2D eigenvalue weighted by Gasteiger charge is -2.49. The van der Waals surface area contributed by atoms with E-state index in [0.29, 0.717) is 15.7 Å². The number of fused-ring (bicyclic) bond motifs is 1. The molecular weight excluding hydrogens is 519 g/mol. The van der Waals surface area contributed by atoms with Gasteiger partial charge in [0, 0.05) is 16.0 Å². The van der Waals surface area contributed by atoms with Crippen molar-refractivity contribution in [2.24, 2.45) is 5.16 Å². The van der Waals surface area contributed by atoms with Crippen LogP contribution in [0.5, 0.6) is 0 Å². The van der Waals surface area contributed by atoms with E-state index >= 15 is 0 Å². The fraction of sp³-hybridized carbons (Fsp3) is 0.267. The average Bonchev–Trinajstić information content (AvgIpc) is 3.44. The molecule has 2 aromatic rings. The molecule has 1 fully saturated rings. The minimum Gasteiger partial charge on any atom is -0.477 e. The Morgan fingerprint density at radius 2 is 2.19 bits per heavy atom. The summed E-state index contributed by atoms with van der Waals surface area (Å²) < 4.78 is 0.766. The van der Waals surface area contributed by atoms with Crippen molar-refractivity contribution < 1.29 is 24.7 Å². The number of nitrogen functional groups attached to an aromatic ring is 1. The van der Waals surface area contributed by atoms with Crippen LogP contribution in [0.25, 0.3) is 0 Å². The second-order valence-corrected chi connectivity index (χ2v) is 11.6. The Morgan fingerprint density at radius 1 is 1.38 bits per heavy atom. The van der Waals surface area contributed by atoms with E-state index in [1.165, 1.54) is 56.9 Å². The van der Waals surface area contributed by atoms with Crippen molar-refractivity contribution in [3.8, 4) is 0 Å². The van der Waals surface area contributed by atoms with Crippen molar-refractivity contribution in [3.63, 3.8) is 0 Å². The first-order valence-corrected chi connectivity index (χ1v) is 13.4. The van der Waals surface area contributed by atoms with E-state index < -0.39 is 29.2 Å². The van der Waals surface area contributed by atoms with Crippen LogP contribution >= 0.6 is 58.0 Å². The van der Waals surface area contributed by atoms with Crippen molar-refractivity contribution in [2.45, 2.75) is 15.8 Å². The van der Waals surface area contributed by atoms with E-state index in [1.807, 2.05) is 0 Å². The smallest absolute Gasteiger partial charge is 0.353 e. The van der Waals surface area contributed by atoms with Gasteiger partial charge in [-0.05, 0) is 0 Å². The van der Waals surface area contributed by atoms with Gasteiger partial charge in [0.25, 0.3) is 11.8 Å². The summed E-state index contributed by atoms with van der Waals surface area (Å²) in [5.74, 6) is -2.22. The number of nitrogens with two attached hydrogens (primary N) is 1. The van der Waals surface area contributed by atoms with Crippen molar-refractivity contribution in [1.82, 2.24) is 25.4 Å². The van der Waals surface area contributed by atoms with E-state index in [-0.39, 0.29) is 22.2 Å².